The lowest BCUT2D eigenvalue weighted by molar-refractivity contribution is -0.137. The number of benzene rings is 3. The normalized spacial score (nSPS) is 14.6. The molecular weight excluding hydrogens is 503 g/mol. The molecule has 0 bridgehead atoms. The van der Waals surface area contributed by atoms with E-state index in [1.54, 1.807) is 0 Å². The SMILES string of the molecule is CN1CCN(c2ncc(-c3ccc(Nc4cccc(-c5nc6ccc(C(F)(F)F)cc6[nH]5)c4)cc3)cn2)CC1. The van der Waals surface area contributed by atoms with Gasteiger partial charge in [0.25, 0.3) is 0 Å². The van der Waals surface area contributed by atoms with Crippen LogP contribution in [0.25, 0.3) is 33.5 Å². The molecule has 5 aromatic rings. The molecule has 1 saturated heterocycles. The number of imidazole rings is 1. The molecule has 1 fully saturated rings. The quantitative estimate of drug-likeness (QED) is 0.282. The number of nitrogens with one attached hydrogen (secondary N) is 2. The van der Waals surface area contributed by atoms with Crippen molar-refractivity contribution in [2.24, 2.45) is 0 Å². The topological polar surface area (TPSA) is 73.0 Å². The third-order valence-electron chi connectivity index (χ3n) is 6.88. The van der Waals surface area contributed by atoms with Crippen LogP contribution in [0.15, 0.2) is 79.1 Å². The van der Waals surface area contributed by atoms with Crippen LogP contribution >= 0.6 is 0 Å². The second-order valence-corrected chi connectivity index (χ2v) is 9.66. The number of halogens is 3. The second-order valence-electron chi connectivity index (χ2n) is 9.66. The molecule has 1 aliphatic heterocycles. The van der Waals surface area contributed by atoms with Crippen molar-refractivity contribution in [2.75, 3.05) is 43.4 Å². The van der Waals surface area contributed by atoms with Crippen LogP contribution in [0.3, 0.4) is 0 Å². The Labute approximate surface area is 223 Å². The number of anilines is 3. The summed E-state index contributed by atoms with van der Waals surface area (Å²) in [5, 5.41) is 3.38. The summed E-state index contributed by atoms with van der Waals surface area (Å²) in [4.78, 5) is 21.1. The van der Waals surface area contributed by atoms with Crippen molar-refractivity contribution in [2.45, 2.75) is 6.18 Å². The Kier molecular flexibility index (Phi) is 6.40. The summed E-state index contributed by atoms with van der Waals surface area (Å²) in [6.07, 6.45) is -0.685. The van der Waals surface area contributed by atoms with Gasteiger partial charge < -0.3 is 20.1 Å². The number of aromatic nitrogens is 4. The maximum atomic E-state index is 13.1. The van der Waals surface area contributed by atoms with E-state index in [1.165, 1.54) is 6.07 Å². The highest BCUT2D eigenvalue weighted by molar-refractivity contribution is 5.81. The van der Waals surface area contributed by atoms with Gasteiger partial charge in [-0.2, -0.15) is 13.2 Å². The van der Waals surface area contributed by atoms with E-state index in [1.807, 2.05) is 60.9 Å². The van der Waals surface area contributed by atoms with Gasteiger partial charge in [0.15, 0.2) is 0 Å². The van der Waals surface area contributed by atoms with Gasteiger partial charge in [0.05, 0.1) is 16.6 Å². The van der Waals surface area contributed by atoms with E-state index in [-0.39, 0.29) is 0 Å². The van der Waals surface area contributed by atoms with Crippen molar-refractivity contribution >= 4 is 28.4 Å². The number of rotatable bonds is 5. The molecular formula is C29H26F3N7. The lowest BCUT2D eigenvalue weighted by Gasteiger charge is -2.32. The average Bonchev–Trinajstić information content (AvgIpc) is 3.38. The van der Waals surface area contributed by atoms with Gasteiger partial charge in [-0.05, 0) is 55.1 Å². The molecule has 2 N–H and O–H groups in total. The van der Waals surface area contributed by atoms with E-state index in [2.05, 4.69) is 42.1 Å². The number of likely N-dealkylation sites (N-methyl/N-ethyl adjacent to an activating group) is 1. The molecule has 0 spiro atoms. The summed E-state index contributed by atoms with van der Waals surface area (Å²) in [6.45, 7) is 3.85. The Morgan fingerprint density at radius 3 is 2.26 bits per heavy atom. The minimum absolute atomic E-state index is 0.342. The molecule has 0 aliphatic carbocycles. The first-order valence-electron chi connectivity index (χ1n) is 12.6. The van der Waals surface area contributed by atoms with E-state index in [4.69, 9.17) is 0 Å². The first-order valence-corrected chi connectivity index (χ1v) is 12.6. The molecule has 0 radical (unpaired) electrons. The van der Waals surface area contributed by atoms with E-state index in [0.717, 1.165) is 72.3 Å². The highest BCUT2D eigenvalue weighted by Crippen LogP contribution is 2.32. The van der Waals surface area contributed by atoms with Crippen LogP contribution in [-0.4, -0.2) is 58.1 Å². The van der Waals surface area contributed by atoms with Crippen LogP contribution in [-0.2, 0) is 6.18 Å². The summed E-state index contributed by atoms with van der Waals surface area (Å²) in [5.74, 6) is 1.26. The van der Waals surface area contributed by atoms with Crippen LogP contribution < -0.4 is 10.2 Å². The van der Waals surface area contributed by atoms with Gasteiger partial charge in [-0.1, -0.05) is 24.3 Å². The van der Waals surface area contributed by atoms with Gasteiger partial charge in [0.2, 0.25) is 5.95 Å². The van der Waals surface area contributed by atoms with Gasteiger partial charge in [-0.15, -0.1) is 0 Å². The molecule has 0 amide bonds. The third kappa shape index (κ3) is 5.42. The molecule has 198 valence electrons. The fraction of sp³-hybridized carbons (Fsp3) is 0.207. The van der Waals surface area contributed by atoms with Crippen LogP contribution in [0, 0.1) is 0 Å². The summed E-state index contributed by atoms with van der Waals surface area (Å²) in [5.41, 5.74) is 4.56. The van der Waals surface area contributed by atoms with Crippen LogP contribution in [0.5, 0.6) is 0 Å². The lowest BCUT2D eigenvalue weighted by Crippen LogP contribution is -2.45. The second kappa shape index (κ2) is 10.0. The first kappa shape index (κ1) is 24.9. The Balaban J connectivity index is 1.15. The molecule has 2 aromatic heterocycles. The molecule has 1 aliphatic rings. The predicted molar refractivity (Wildman–Crippen MR) is 147 cm³/mol. The van der Waals surface area contributed by atoms with E-state index >= 15 is 0 Å². The maximum Gasteiger partial charge on any atom is 0.416 e. The van der Waals surface area contributed by atoms with Crippen molar-refractivity contribution in [3.05, 3.63) is 84.7 Å². The molecule has 0 saturated carbocycles. The fourth-order valence-electron chi connectivity index (χ4n) is 4.62. The Hall–Kier alpha value is -4.44. The van der Waals surface area contributed by atoms with Crippen LogP contribution in [0.4, 0.5) is 30.5 Å². The monoisotopic (exact) mass is 529 g/mol. The van der Waals surface area contributed by atoms with Crippen LogP contribution in [0.2, 0.25) is 0 Å². The number of hydrogen-bond donors (Lipinski definition) is 2. The van der Waals surface area contributed by atoms with Gasteiger partial charge in [-0.3, -0.25) is 0 Å². The zero-order chi connectivity index (χ0) is 27.0. The minimum Gasteiger partial charge on any atom is -0.356 e. The van der Waals surface area contributed by atoms with Crippen molar-refractivity contribution in [3.8, 4) is 22.5 Å². The zero-order valence-corrected chi connectivity index (χ0v) is 21.2. The number of H-pyrrole nitrogens is 1. The zero-order valence-electron chi connectivity index (χ0n) is 21.2. The first-order chi connectivity index (χ1) is 18.8. The summed E-state index contributed by atoms with van der Waals surface area (Å²) >= 11 is 0. The largest absolute Gasteiger partial charge is 0.416 e. The maximum absolute atomic E-state index is 13.1. The molecule has 3 heterocycles. The van der Waals surface area contributed by atoms with E-state index < -0.39 is 11.7 Å². The lowest BCUT2D eigenvalue weighted by atomic mass is 10.1. The molecule has 0 atom stereocenters. The minimum atomic E-state index is -4.40. The van der Waals surface area contributed by atoms with Crippen molar-refractivity contribution < 1.29 is 13.2 Å². The molecule has 39 heavy (non-hydrogen) atoms. The van der Waals surface area contributed by atoms with Crippen molar-refractivity contribution in [3.63, 3.8) is 0 Å². The summed E-state index contributed by atoms with van der Waals surface area (Å²) < 4.78 is 39.2. The number of hydrogen-bond acceptors (Lipinski definition) is 6. The van der Waals surface area contributed by atoms with Crippen molar-refractivity contribution in [1.29, 1.82) is 0 Å². The van der Waals surface area contributed by atoms with Gasteiger partial charge in [-0.25, -0.2) is 15.0 Å². The van der Waals surface area contributed by atoms with E-state index in [0.29, 0.717) is 16.9 Å². The van der Waals surface area contributed by atoms with Gasteiger partial charge in [0.1, 0.15) is 5.82 Å². The molecule has 6 rings (SSSR count). The highest BCUT2D eigenvalue weighted by Gasteiger charge is 2.30. The third-order valence-corrected chi connectivity index (χ3v) is 6.88. The standard InChI is InChI=1S/C29H26F3N7/c1-38-11-13-39(14-12-38)28-33-17-21(18-34-28)19-5-8-23(9-6-19)35-24-4-2-3-20(15-24)27-36-25-10-7-22(29(30,31)32)16-26(25)37-27/h2-10,15-18,35H,11-14H2,1H3,(H,36,37). The molecule has 0 unspecified atom stereocenters. The van der Waals surface area contributed by atoms with Crippen LogP contribution in [0.1, 0.15) is 5.56 Å². The molecule has 7 nitrogen and oxygen atoms in total. The van der Waals surface area contributed by atoms with Gasteiger partial charge in [0, 0.05) is 61.1 Å². The Bertz CT molecular complexity index is 1590. The predicted octanol–water partition coefficient (Wildman–Crippen LogP) is 6.20. The number of piperazine rings is 1. The fourth-order valence-corrected chi connectivity index (χ4v) is 4.62. The molecule has 3 aromatic carbocycles. The highest BCUT2D eigenvalue weighted by atomic mass is 19.4. The van der Waals surface area contributed by atoms with Gasteiger partial charge >= 0.3 is 6.18 Å². The Morgan fingerprint density at radius 1 is 0.795 bits per heavy atom. The smallest absolute Gasteiger partial charge is 0.356 e. The number of aromatic amines is 1. The summed E-state index contributed by atoms with van der Waals surface area (Å²) in [7, 11) is 2.12. The Morgan fingerprint density at radius 2 is 1.54 bits per heavy atom. The van der Waals surface area contributed by atoms with E-state index in [9.17, 15) is 13.2 Å². The van der Waals surface area contributed by atoms with Crippen molar-refractivity contribution in [1.82, 2.24) is 24.8 Å². The molecule has 10 heteroatoms. The number of fused-ring (bicyclic) bond motifs is 1. The summed E-state index contributed by atoms with van der Waals surface area (Å²) in [6, 6.07) is 19.1. The average molecular weight is 530 g/mol. The number of nitrogens with zero attached hydrogens (tertiary/aromatic N) is 5. The number of alkyl halides is 3.